The quantitative estimate of drug-likeness (QED) is 0.0745. The van der Waals surface area contributed by atoms with Crippen molar-refractivity contribution in [2.24, 2.45) is 0 Å². The number of halogens is 1. The lowest BCUT2D eigenvalue weighted by Crippen LogP contribution is -2.52. The van der Waals surface area contributed by atoms with Crippen molar-refractivity contribution >= 4 is 35.2 Å². The third-order valence-electron chi connectivity index (χ3n) is 15.2. The number of likely N-dealkylation sites (N-methyl/N-ethyl adjacent to an activating group) is 2. The molecule has 3 aliphatic carbocycles. The molecule has 4 aromatic rings. The maximum Gasteiger partial charge on any atom is 0.220 e. The van der Waals surface area contributed by atoms with Gasteiger partial charge in [-0.1, -0.05) is 108 Å². The smallest absolute Gasteiger partial charge is 0.220 e. The van der Waals surface area contributed by atoms with E-state index in [1.807, 2.05) is 55.5 Å². The number of rotatable bonds is 19. The molecule has 0 aromatic heterocycles. The highest BCUT2D eigenvalue weighted by Gasteiger charge is 2.39. The summed E-state index contributed by atoms with van der Waals surface area (Å²) in [5.41, 5.74) is 8.04. The molecule has 4 aromatic carbocycles. The lowest BCUT2D eigenvalue weighted by molar-refractivity contribution is -0.127. The van der Waals surface area contributed by atoms with Crippen LogP contribution in [-0.2, 0) is 51.3 Å². The molecule has 4 amide bonds. The van der Waals surface area contributed by atoms with E-state index >= 15 is 0 Å². The van der Waals surface area contributed by atoms with Crippen molar-refractivity contribution in [3.8, 4) is 0 Å². The van der Waals surface area contributed by atoms with Crippen molar-refractivity contribution in [2.45, 2.75) is 165 Å². The van der Waals surface area contributed by atoms with Gasteiger partial charge in [-0.15, -0.1) is 0 Å². The molecule has 3 aliphatic rings. The highest BCUT2D eigenvalue weighted by Crippen LogP contribution is 2.37. The summed E-state index contributed by atoms with van der Waals surface area (Å²) in [7, 11) is 8.64. The number of carbonyl (C=O) groups excluding carboxylic acids is 4. The number of hydrogen-bond donors (Lipinski definition) is 4. The van der Waals surface area contributed by atoms with Gasteiger partial charge in [0.1, 0.15) is 0 Å². The third-order valence-corrected chi connectivity index (χ3v) is 15.4. The monoisotopic (exact) mass is 959 g/mol. The Labute approximate surface area is 418 Å². The number of carbonyl (C=O) groups is 4. The molecule has 2 saturated carbocycles. The number of amides is 4. The number of fused-ring (bicyclic) bond motifs is 1. The molecule has 2 fully saturated rings. The van der Waals surface area contributed by atoms with Crippen molar-refractivity contribution < 1.29 is 19.2 Å². The minimum Gasteiger partial charge on any atom is -0.354 e. The maximum absolute atomic E-state index is 12.6. The second-order valence-electron chi connectivity index (χ2n) is 20.8. The van der Waals surface area contributed by atoms with Gasteiger partial charge >= 0.3 is 0 Å². The Morgan fingerprint density at radius 2 is 1.00 bits per heavy atom. The van der Waals surface area contributed by atoms with E-state index in [9.17, 15) is 19.2 Å². The van der Waals surface area contributed by atoms with Gasteiger partial charge in [-0.25, -0.2) is 0 Å². The van der Waals surface area contributed by atoms with E-state index in [1.165, 1.54) is 33.4 Å². The normalized spacial score (nSPS) is 21.6. The second-order valence-corrected chi connectivity index (χ2v) is 21.3. The van der Waals surface area contributed by atoms with Crippen LogP contribution in [0.1, 0.15) is 124 Å². The van der Waals surface area contributed by atoms with Crippen molar-refractivity contribution in [3.05, 3.63) is 142 Å². The topological polar surface area (TPSA) is 123 Å². The fraction of sp³-hybridized carbons (Fsp3) is 0.517. The van der Waals surface area contributed by atoms with E-state index in [4.69, 9.17) is 11.6 Å². The van der Waals surface area contributed by atoms with E-state index in [0.717, 1.165) is 94.9 Å². The van der Waals surface area contributed by atoms with Gasteiger partial charge in [0.05, 0.1) is 0 Å². The van der Waals surface area contributed by atoms with E-state index in [-0.39, 0.29) is 84.6 Å². The molecule has 372 valence electrons. The molecule has 1 atom stereocenters. The van der Waals surface area contributed by atoms with Crippen molar-refractivity contribution in [1.82, 2.24) is 31.1 Å². The molecular weight excluding hydrogens is 880 g/mol. The SMILES string of the molecule is CC(CCc1ccccc1)NC(=O)CCC(=O)NC1CCC(Cc2cccc(Cl)c2)(N(C)C)CC1.Cc1cccc(CC2(N(C)C)CCC(NC(=O)CCC(=O)NC3Cc4ccccc4C3)CC2)c1. The fourth-order valence-electron chi connectivity index (χ4n) is 10.9. The predicted octanol–water partition coefficient (Wildman–Crippen LogP) is 9.12. The molecule has 0 bridgehead atoms. The summed E-state index contributed by atoms with van der Waals surface area (Å²) in [5, 5.41) is 13.3. The van der Waals surface area contributed by atoms with Crippen LogP contribution in [-0.4, -0.2) is 96.9 Å². The molecule has 10 nitrogen and oxygen atoms in total. The average molecular weight is 960 g/mol. The van der Waals surface area contributed by atoms with Crippen LogP contribution < -0.4 is 21.3 Å². The molecule has 0 heterocycles. The van der Waals surface area contributed by atoms with Crippen LogP contribution in [0.15, 0.2) is 103 Å². The number of aryl methyl sites for hydroxylation is 2. The van der Waals surface area contributed by atoms with Crippen LogP contribution in [0.3, 0.4) is 0 Å². The largest absolute Gasteiger partial charge is 0.354 e. The Morgan fingerprint density at radius 1 is 0.565 bits per heavy atom. The lowest BCUT2D eigenvalue weighted by atomic mass is 9.74. The zero-order chi connectivity index (χ0) is 49.4. The third kappa shape index (κ3) is 16.5. The van der Waals surface area contributed by atoms with Gasteiger partial charge in [0, 0.05) is 66.0 Å². The minimum atomic E-state index is -0.0579. The zero-order valence-corrected chi connectivity index (χ0v) is 43.0. The Bertz CT molecular complexity index is 2260. The molecule has 0 radical (unpaired) electrons. The first-order valence-electron chi connectivity index (χ1n) is 25.5. The lowest BCUT2D eigenvalue weighted by Gasteiger charge is -2.45. The van der Waals surface area contributed by atoms with Gasteiger partial charge in [-0.3, -0.25) is 19.2 Å². The van der Waals surface area contributed by atoms with Crippen molar-refractivity contribution in [3.63, 3.8) is 0 Å². The van der Waals surface area contributed by atoms with Crippen LogP contribution in [0.5, 0.6) is 0 Å². The van der Waals surface area contributed by atoms with Crippen LogP contribution in [0.2, 0.25) is 5.02 Å². The fourth-order valence-corrected chi connectivity index (χ4v) is 11.1. The molecule has 0 saturated heterocycles. The van der Waals surface area contributed by atoms with Gasteiger partial charge in [-0.2, -0.15) is 0 Å². The van der Waals surface area contributed by atoms with Gasteiger partial charge in [0.15, 0.2) is 0 Å². The molecule has 11 heteroatoms. The summed E-state index contributed by atoms with van der Waals surface area (Å²) in [6, 6.07) is 36.1. The molecular formula is C58H79ClN6O4. The molecule has 0 spiro atoms. The first-order valence-corrected chi connectivity index (χ1v) is 25.9. The van der Waals surface area contributed by atoms with Gasteiger partial charge in [0.2, 0.25) is 23.6 Å². The highest BCUT2D eigenvalue weighted by atomic mass is 35.5. The number of nitrogens with one attached hydrogen (secondary N) is 4. The molecule has 1 unspecified atom stereocenters. The first kappa shape index (κ1) is 53.3. The minimum absolute atomic E-state index is 0.00843. The van der Waals surface area contributed by atoms with E-state index in [1.54, 1.807) is 0 Å². The molecule has 0 aliphatic heterocycles. The summed E-state index contributed by atoms with van der Waals surface area (Å²) in [6.07, 6.45) is 14.5. The van der Waals surface area contributed by atoms with Crippen LogP contribution in [0.4, 0.5) is 0 Å². The Hall–Kier alpha value is -5.03. The second kappa shape index (κ2) is 25.7. The Balaban J connectivity index is 0.000000227. The van der Waals surface area contributed by atoms with E-state index in [2.05, 4.69) is 121 Å². The van der Waals surface area contributed by atoms with Gasteiger partial charge < -0.3 is 31.1 Å². The molecule has 69 heavy (non-hydrogen) atoms. The molecule has 4 N–H and O–H groups in total. The predicted molar refractivity (Wildman–Crippen MR) is 280 cm³/mol. The Morgan fingerprint density at radius 3 is 1.48 bits per heavy atom. The summed E-state index contributed by atoms with van der Waals surface area (Å²) in [5.74, 6) is -0.126. The standard InChI is InChI=1S/C29H40ClN3O2.C29H39N3O2/c1-22(12-13-23-8-5-4-6-9-23)31-27(34)14-15-28(35)32-26-16-18-29(19-17-26,33(2)3)21-24-10-7-11-25(30)20-24;1-21-7-6-8-22(17-21)20-29(32(2)3)15-13-25(14-16-29)30-27(33)11-12-28(34)31-26-18-23-9-4-5-10-24(23)19-26/h4-11,20,22,26H,12-19,21H2,1-3H3,(H,31,34)(H,32,35);4-10,17,25-26H,11-16,18-20H2,1-3H3,(H,30,33)(H,31,34). The summed E-state index contributed by atoms with van der Waals surface area (Å²) >= 11 is 6.20. The van der Waals surface area contributed by atoms with Crippen molar-refractivity contribution in [1.29, 1.82) is 0 Å². The number of nitrogens with zero attached hydrogens (tertiary/aromatic N) is 2. The highest BCUT2D eigenvalue weighted by molar-refractivity contribution is 6.30. The first-order chi connectivity index (χ1) is 33.1. The van der Waals surface area contributed by atoms with Crippen molar-refractivity contribution in [2.75, 3.05) is 28.2 Å². The zero-order valence-electron chi connectivity index (χ0n) is 42.3. The van der Waals surface area contributed by atoms with Crippen LogP contribution >= 0.6 is 11.6 Å². The average Bonchev–Trinajstić information content (AvgIpc) is 3.74. The number of hydrogen-bond acceptors (Lipinski definition) is 6. The number of benzene rings is 4. The Kier molecular flexibility index (Phi) is 19.9. The van der Waals surface area contributed by atoms with E-state index < -0.39 is 0 Å². The maximum atomic E-state index is 12.6. The summed E-state index contributed by atoms with van der Waals surface area (Å²) in [4.78, 5) is 54.5. The van der Waals surface area contributed by atoms with E-state index in [0.29, 0.717) is 0 Å². The summed E-state index contributed by atoms with van der Waals surface area (Å²) < 4.78 is 0. The molecule has 7 rings (SSSR count). The van der Waals surface area contributed by atoms with Crippen LogP contribution in [0, 0.1) is 6.92 Å². The van der Waals surface area contributed by atoms with Crippen LogP contribution in [0.25, 0.3) is 0 Å². The van der Waals surface area contributed by atoms with Gasteiger partial charge in [-0.05, 0) is 172 Å². The summed E-state index contributed by atoms with van der Waals surface area (Å²) in [6.45, 7) is 4.16. The van der Waals surface area contributed by atoms with Gasteiger partial charge in [0.25, 0.3) is 0 Å².